The van der Waals surface area contributed by atoms with Crippen LogP contribution in [0.5, 0.6) is 0 Å². The van der Waals surface area contributed by atoms with E-state index in [-0.39, 0.29) is 11.3 Å². The normalized spacial score (nSPS) is 10.3. The Morgan fingerprint density at radius 3 is 2.04 bits per heavy atom. The summed E-state index contributed by atoms with van der Waals surface area (Å²) in [6, 6.07) is 7.17. The van der Waals surface area contributed by atoms with Crippen LogP contribution < -0.4 is 5.32 Å². The van der Waals surface area contributed by atoms with Gasteiger partial charge in [0, 0.05) is 23.4 Å². The second-order valence-corrected chi connectivity index (χ2v) is 5.46. The summed E-state index contributed by atoms with van der Waals surface area (Å²) in [4.78, 5) is 32.3. The first kappa shape index (κ1) is 17.4. The summed E-state index contributed by atoms with van der Waals surface area (Å²) < 4.78 is 0. The topological polar surface area (TPSA) is 115 Å². The van der Waals surface area contributed by atoms with Gasteiger partial charge in [0.15, 0.2) is 5.69 Å². The third kappa shape index (κ3) is 3.49. The monoisotopic (exact) mass is 349 g/mol. The zero-order valence-corrected chi connectivity index (χ0v) is 13.5. The summed E-state index contributed by atoms with van der Waals surface area (Å²) in [6.45, 7) is 3.58. The average molecular weight is 350 g/mol. The Morgan fingerprint density at radius 1 is 1.04 bits per heavy atom. The molecular weight excluding hydrogens is 338 g/mol. The lowest BCUT2D eigenvalue weighted by molar-refractivity contribution is -0.392. The maximum absolute atomic E-state index is 11.3. The van der Waals surface area contributed by atoms with Gasteiger partial charge >= 0.3 is 11.4 Å². The molecule has 0 fully saturated rings. The number of nitrogens with zero attached hydrogens (tertiary/aromatic N) is 2. The number of aryl methyl sites for hydroxylation is 2. The molecule has 0 atom stereocenters. The van der Waals surface area contributed by atoms with E-state index in [0.29, 0.717) is 5.69 Å². The minimum Gasteiger partial charge on any atom is -0.344 e. The molecule has 0 aliphatic carbocycles. The van der Waals surface area contributed by atoms with Crippen LogP contribution >= 0.6 is 11.6 Å². The Balaban J connectivity index is 2.70. The van der Waals surface area contributed by atoms with E-state index in [9.17, 15) is 25.0 Å². The van der Waals surface area contributed by atoms with Crippen molar-refractivity contribution in [1.82, 2.24) is 0 Å². The van der Waals surface area contributed by atoms with Gasteiger partial charge in [0.05, 0.1) is 9.85 Å². The summed E-state index contributed by atoms with van der Waals surface area (Å²) in [7, 11) is 0. The van der Waals surface area contributed by atoms with Crippen molar-refractivity contribution in [3.8, 4) is 0 Å². The minimum absolute atomic E-state index is 0.305. The molecule has 2 aromatic carbocycles. The summed E-state index contributed by atoms with van der Waals surface area (Å²) in [6.07, 6.45) is 0. The molecule has 0 heterocycles. The van der Waals surface area contributed by atoms with Crippen LogP contribution in [0.2, 0.25) is 0 Å². The number of carbonyl (C=O) groups is 1. The van der Waals surface area contributed by atoms with Crippen molar-refractivity contribution in [3.63, 3.8) is 0 Å². The molecule has 0 aliphatic heterocycles. The van der Waals surface area contributed by atoms with Crippen LogP contribution in [0.3, 0.4) is 0 Å². The number of halogens is 1. The highest BCUT2D eigenvalue weighted by molar-refractivity contribution is 6.67. The summed E-state index contributed by atoms with van der Waals surface area (Å²) in [5.41, 5.74) is 0.291. The fourth-order valence-electron chi connectivity index (χ4n) is 2.15. The molecule has 0 saturated carbocycles. The Morgan fingerprint density at radius 2 is 1.58 bits per heavy atom. The number of carbonyl (C=O) groups excluding carboxylic acids is 1. The predicted molar refractivity (Wildman–Crippen MR) is 89.1 cm³/mol. The summed E-state index contributed by atoms with van der Waals surface area (Å²) in [5.74, 6) is 0. The van der Waals surface area contributed by atoms with E-state index in [1.54, 1.807) is 19.1 Å². The van der Waals surface area contributed by atoms with Gasteiger partial charge in [0.25, 0.3) is 5.24 Å². The maximum atomic E-state index is 11.3. The predicted octanol–water partition coefficient (Wildman–Crippen LogP) is 4.24. The van der Waals surface area contributed by atoms with Gasteiger partial charge < -0.3 is 5.32 Å². The van der Waals surface area contributed by atoms with Gasteiger partial charge in [-0.1, -0.05) is 12.1 Å². The Bertz CT molecular complexity index is 831. The molecule has 0 saturated heterocycles. The zero-order valence-electron chi connectivity index (χ0n) is 12.7. The Kier molecular flexibility index (Phi) is 4.79. The SMILES string of the molecule is Cc1ccc(C)c(Nc2c([N+](=O)[O-])cc(C(=O)Cl)cc2[N+](=O)[O-])c1. The molecule has 9 heteroatoms. The summed E-state index contributed by atoms with van der Waals surface area (Å²) >= 11 is 5.31. The van der Waals surface area contributed by atoms with Gasteiger partial charge in [0.2, 0.25) is 0 Å². The molecule has 0 aromatic heterocycles. The van der Waals surface area contributed by atoms with E-state index in [4.69, 9.17) is 11.6 Å². The van der Waals surface area contributed by atoms with Crippen molar-refractivity contribution in [2.75, 3.05) is 5.32 Å². The molecule has 2 aromatic rings. The van der Waals surface area contributed by atoms with Gasteiger partial charge in [-0.25, -0.2) is 0 Å². The lowest BCUT2D eigenvalue weighted by Crippen LogP contribution is -2.05. The van der Waals surface area contributed by atoms with E-state index in [2.05, 4.69) is 5.32 Å². The molecule has 2 rings (SSSR count). The van der Waals surface area contributed by atoms with Gasteiger partial charge in [-0.15, -0.1) is 0 Å². The van der Waals surface area contributed by atoms with Crippen LogP contribution in [-0.4, -0.2) is 15.1 Å². The molecule has 24 heavy (non-hydrogen) atoms. The van der Waals surface area contributed by atoms with Crippen molar-refractivity contribution in [1.29, 1.82) is 0 Å². The Hall–Kier alpha value is -3.00. The third-order valence-electron chi connectivity index (χ3n) is 3.37. The Labute approximate surface area is 141 Å². The quantitative estimate of drug-likeness (QED) is 0.490. The molecule has 0 spiro atoms. The first-order valence-corrected chi connectivity index (χ1v) is 7.09. The smallest absolute Gasteiger partial charge is 0.300 e. The molecule has 124 valence electrons. The molecule has 0 aliphatic rings. The second-order valence-electron chi connectivity index (χ2n) is 5.12. The molecule has 0 unspecified atom stereocenters. The lowest BCUT2D eigenvalue weighted by Gasteiger charge is -2.12. The van der Waals surface area contributed by atoms with E-state index < -0.39 is 26.5 Å². The van der Waals surface area contributed by atoms with Crippen LogP contribution in [0, 0.1) is 34.1 Å². The first-order valence-electron chi connectivity index (χ1n) is 6.71. The highest BCUT2D eigenvalue weighted by atomic mass is 35.5. The van der Waals surface area contributed by atoms with Crippen LogP contribution in [0.4, 0.5) is 22.7 Å². The number of benzene rings is 2. The fourth-order valence-corrected chi connectivity index (χ4v) is 2.26. The maximum Gasteiger partial charge on any atom is 0.300 e. The summed E-state index contributed by atoms with van der Waals surface area (Å²) in [5, 5.41) is 24.3. The number of nitro groups is 2. The number of anilines is 2. The van der Waals surface area contributed by atoms with Gasteiger partial charge in [-0.2, -0.15) is 0 Å². The van der Waals surface area contributed by atoms with Crippen molar-refractivity contribution in [2.24, 2.45) is 0 Å². The number of nitro benzene ring substituents is 2. The third-order valence-corrected chi connectivity index (χ3v) is 3.59. The van der Waals surface area contributed by atoms with Gasteiger partial charge in [-0.05, 0) is 42.6 Å². The number of nitrogens with one attached hydrogen (secondary N) is 1. The van der Waals surface area contributed by atoms with Crippen molar-refractivity contribution < 1.29 is 14.6 Å². The number of rotatable bonds is 5. The van der Waals surface area contributed by atoms with Crippen LogP contribution in [-0.2, 0) is 0 Å². The first-order chi connectivity index (χ1) is 11.2. The average Bonchev–Trinajstić information content (AvgIpc) is 2.50. The van der Waals surface area contributed by atoms with Gasteiger partial charge in [-0.3, -0.25) is 25.0 Å². The standard InChI is InChI=1S/C15H12ClN3O5/c1-8-3-4-9(2)11(5-8)17-14-12(18(21)22)6-10(15(16)20)7-13(14)19(23)24/h3-7,17H,1-2H3. The number of hydrogen-bond donors (Lipinski definition) is 1. The lowest BCUT2D eigenvalue weighted by atomic mass is 10.1. The molecule has 0 bridgehead atoms. The van der Waals surface area contributed by atoms with E-state index in [1.807, 2.05) is 13.0 Å². The number of hydrogen-bond acceptors (Lipinski definition) is 6. The van der Waals surface area contributed by atoms with E-state index in [1.165, 1.54) is 0 Å². The minimum atomic E-state index is -1.01. The molecule has 0 amide bonds. The van der Waals surface area contributed by atoms with E-state index >= 15 is 0 Å². The van der Waals surface area contributed by atoms with Crippen LogP contribution in [0.15, 0.2) is 30.3 Å². The molecule has 1 N–H and O–H groups in total. The second kappa shape index (κ2) is 6.63. The molecule has 8 nitrogen and oxygen atoms in total. The van der Waals surface area contributed by atoms with E-state index in [0.717, 1.165) is 23.3 Å². The van der Waals surface area contributed by atoms with Crippen molar-refractivity contribution in [3.05, 3.63) is 67.3 Å². The highest BCUT2D eigenvalue weighted by Gasteiger charge is 2.28. The van der Waals surface area contributed by atoms with Crippen molar-refractivity contribution >= 4 is 39.6 Å². The van der Waals surface area contributed by atoms with Gasteiger partial charge in [0.1, 0.15) is 0 Å². The van der Waals surface area contributed by atoms with Crippen molar-refractivity contribution in [2.45, 2.75) is 13.8 Å². The van der Waals surface area contributed by atoms with Crippen LogP contribution in [0.1, 0.15) is 21.5 Å². The zero-order chi connectivity index (χ0) is 18.0. The van der Waals surface area contributed by atoms with Crippen LogP contribution in [0.25, 0.3) is 0 Å². The molecule has 0 radical (unpaired) electrons. The molecular formula is C15H12ClN3O5. The fraction of sp³-hybridized carbons (Fsp3) is 0.133. The largest absolute Gasteiger partial charge is 0.344 e. The highest BCUT2D eigenvalue weighted by Crippen LogP contribution is 2.38.